The van der Waals surface area contributed by atoms with Crippen molar-refractivity contribution in [1.82, 2.24) is 0 Å². The highest BCUT2D eigenvalue weighted by Gasteiger charge is 2.22. The highest BCUT2D eigenvalue weighted by Crippen LogP contribution is 2.41. The molecule has 4 rings (SSSR count). The number of fused-ring (bicyclic) bond motifs is 2. The smallest absolute Gasteiger partial charge is 0.338 e. The van der Waals surface area contributed by atoms with Crippen molar-refractivity contribution in [3.8, 4) is 22.5 Å². The lowest BCUT2D eigenvalue weighted by Gasteiger charge is -2.17. The largest absolute Gasteiger partial charge is 0.460 e. The molecule has 0 saturated carbocycles. The van der Waals surface area contributed by atoms with E-state index < -0.39 is 5.97 Å². The van der Waals surface area contributed by atoms with Crippen LogP contribution in [0.25, 0.3) is 33.4 Å². The van der Waals surface area contributed by atoms with Gasteiger partial charge in [-0.05, 0) is 49.7 Å². The summed E-state index contributed by atoms with van der Waals surface area (Å²) in [4.78, 5) is 17.4. The predicted octanol–water partition coefficient (Wildman–Crippen LogP) is 4.90. The van der Waals surface area contributed by atoms with Crippen LogP contribution >= 0.6 is 0 Å². The van der Waals surface area contributed by atoms with Gasteiger partial charge in [-0.3, -0.25) is 4.99 Å². The van der Waals surface area contributed by atoms with E-state index in [1.165, 1.54) is 0 Å². The van der Waals surface area contributed by atoms with Crippen LogP contribution in [0.3, 0.4) is 0 Å². The molecule has 2 aromatic carbocycles. The van der Waals surface area contributed by atoms with E-state index in [1.807, 2.05) is 62.4 Å². The summed E-state index contributed by atoms with van der Waals surface area (Å²) in [5, 5.41) is 1.70. The fraction of sp³-hybridized carbons (Fsp3) is 0.231. The summed E-state index contributed by atoms with van der Waals surface area (Å²) in [6, 6.07) is 18.8. The Hall–Kier alpha value is -3.64. The standard InChI is InChI=1S/C26H26N2O4/c1-3-28-18-10-12-22-24(16-18)32-23-15-17(27)9-11-21(23)25(22)19-7-5-6-8-20(19)26(29)31-14-13-30-4-2/h5-12,15-16H,3-4,13-14,27H2,1-2H3. The molecular formula is C26H26N2O4. The van der Waals surface area contributed by atoms with E-state index in [1.54, 1.807) is 12.1 Å². The molecule has 0 unspecified atom stereocenters. The van der Waals surface area contributed by atoms with Gasteiger partial charge < -0.3 is 19.6 Å². The van der Waals surface area contributed by atoms with Gasteiger partial charge in [-0.1, -0.05) is 18.2 Å². The molecule has 0 aromatic heterocycles. The monoisotopic (exact) mass is 430 g/mol. The fourth-order valence-electron chi connectivity index (χ4n) is 3.76. The Balaban J connectivity index is 1.92. The molecule has 164 valence electrons. The highest BCUT2D eigenvalue weighted by molar-refractivity contribution is 6.08. The summed E-state index contributed by atoms with van der Waals surface area (Å²) in [7, 11) is 0. The summed E-state index contributed by atoms with van der Waals surface area (Å²) in [5.74, 6) is 0.280. The van der Waals surface area contributed by atoms with Crippen LogP contribution in [0, 0.1) is 0 Å². The minimum absolute atomic E-state index is 0.199. The van der Waals surface area contributed by atoms with Gasteiger partial charge in [-0.25, -0.2) is 4.79 Å². The van der Waals surface area contributed by atoms with E-state index in [4.69, 9.17) is 19.6 Å². The van der Waals surface area contributed by atoms with Gasteiger partial charge in [0.1, 0.15) is 18.0 Å². The van der Waals surface area contributed by atoms with E-state index in [0.29, 0.717) is 42.4 Å². The minimum Gasteiger partial charge on any atom is -0.460 e. The summed E-state index contributed by atoms with van der Waals surface area (Å²) < 4.78 is 16.9. The number of nitrogens with zero attached hydrogens (tertiary/aromatic N) is 1. The molecule has 2 aromatic rings. The predicted molar refractivity (Wildman–Crippen MR) is 126 cm³/mol. The van der Waals surface area contributed by atoms with Gasteiger partial charge in [0.15, 0.2) is 0 Å². The quantitative estimate of drug-likeness (QED) is 0.195. The molecule has 2 N–H and O–H groups in total. The van der Waals surface area contributed by atoms with Crippen molar-refractivity contribution in [2.45, 2.75) is 13.8 Å². The molecule has 1 aliphatic heterocycles. The zero-order chi connectivity index (χ0) is 22.5. The number of hydrogen-bond acceptors (Lipinski definition) is 6. The van der Waals surface area contributed by atoms with Gasteiger partial charge in [0.2, 0.25) is 0 Å². The SMILES string of the molecule is CCN=c1ccc2c(-c3ccccc3C(=O)OCCOCC)c3ccc(N)cc3oc-2c1. The molecule has 0 amide bonds. The third-order valence-corrected chi connectivity index (χ3v) is 5.15. The molecule has 2 aliphatic rings. The summed E-state index contributed by atoms with van der Waals surface area (Å²) in [6.45, 7) is 5.71. The molecule has 0 saturated heterocycles. The van der Waals surface area contributed by atoms with Crippen molar-refractivity contribution in [1.29, 1.82) is 0 Å². The molecule has 1 heterocycles. The lowest BCUT2D eigenvalue weighted by Crippen LogP contribution is -2.12. The number of anilines is 1. The first-order valence-electron chi connectivity index (χ1n) is 10.7. The van der Waals surface area contributed by atoms with E-state index in [-0.39, 0.29) is 6.61 Å². The zero-order valence-corrected chi connectivity index (χ0v) is 18.3. The minimum atomic E-state index is -0.393. The molecule has 0 spiro atoms. The van der Waals surface area contributed by atoms with Gasteiger partial charge in [-0.2, -0.15) is 0 Å². The average Bonchev–Trinajstić information content (AvgIpc) is 2.80. The number of hydrogen-bond donors (Lipinski definition) is 1. The van der Waals surface area contributed by atoms with Crippen LogP contribution in [0.1, 0.15) is 24.2 Å². The number of carbonyl (C=O) groups excluding carboxylic acids is 1. The van der Waals surface area contributed by atoms with Crippen molar-refractivity contribution in [2.75, 3.05) is 32.1 Å². The van der Waals surface area contributed by atoms with Crippen LogP contribution in [0.2, 0.25) is 0 Å². The number of benzene rings is 3. The van der Waals surface area contributed by atoms with E-state index in [0.717, 1.165) is 27.4 Å². The number of nitrogen functional groups attached to an aromatic ring is 1. The fourth-order valence-corrected chi connectivity index (χ4v) is 3.76. The first-order valence-corrected chi connectivity index (χ1v) is 10.7. The third-order valence-electron chi connectivity index (χ3n) is 5.15. The molecule has 1 aliphatic carbocycles. The van der Waals surface area contributed by atoms with Crippen molar-refractivity contribution >= 4 is 22.6 Å². The highest BCUT2D eigenvalue weighted by atomic mass is 16.6. The van der Waals surface area contributed by atoms with E-state index in [9.17, 15) is 4.79 Å². The number of nitrogens with two attached hydrogens (primary N) is 1. The van der Waals surface area contributed by atoms with Crippen LogP contribution in [0.5, 0.6) is 0 Å². The second-order valence-electron chi connectivity index (χ2n) is 7.27. The number of rotatable bonds is 7. The molecule has 32 heavy (non-hydrogen) atoms. The van der Waals surface area contributed by atoms with Crippen LogP contribution in [-0.4, -0.2) is 32.3 Å². The molecular weight excluding hydrogens is 404 g/mol. The molecule has 0 fully saturated rings. The number of ether oxygens (including phenoxy) is 2. The van der Waals surface area contributed by atoms with Crippen molar-refractivity contribution in [3.63, 3.8) is 0 Å². The molecule has 0 bridgehead atoms. The Morgan fingerprint density at radius 3 is 2.66 bits per heavy atom. The lowest BCUT2D eigenvalue weighted by molar-refractivity contribution is 0.0336. The average molecular weight is 431 g/mol. The molecule has 6 nitrogen and oxygen atoms in total. The summed E-state index contributed by atoms with van der Waals surface area (Å²) in [5.41, 5.74) is 10.3. The maximum absolute atomic E-state index is 12.9. The maximum atomic E-state index is 12.9. The van der Waals surface area contributed by atoms with Gasteiger partial charge >= 0.3 is 5.97 Å². The van der Waals surface area contributed by atoms with Gasteiger partial charge in [-0.15, -0.1) is 0 Å². The van der Waals surface area contributed by atoms with E-state index >= 15 is 0 Å². The van der Waals surface area contributed by atoms with Crippen molar-refractivity contribution in [3.05, 3.63) is 71.6 Å². The normalized spacial score (nSPS) is 11.9. The third kappa shape index (κ3) is 4.36. The maximum Gasteiger partial charge on any atom is 0.338 e. The summed E-state index contributed by atoms with van der Waals surface area (Å²) >= 11 is 0. The van der Waals surface area contributed by atoms with Crippen molar-refractivity contribution < 1.29 is 18.7 Å². The summed E-state index contributed by atoms with van der Waals surface area (Å²) in [6.07, 6.45) is 0. The Labute approximate surface area is 186 Å². The van der Waals surface area contributed by atoms with Gasteiger partial charge in [0, 0.05) is 47.5 Å². The van der Waals surface area contributed by atoms with Crippen LogP contribution in [0.4, 0.5) is 5.69 Å². The van der Waals surface area contributed by atoms with Crippen molar-refractivity contribution in [2.24, 2.45) is 4.99 Å². The first kappa shape index (κ1) is 21.6. The van der Waals surface area contributed by atoms with Crippen LogP contribution in [-0.2, 0) is 9.47 Å². The molecule has 6 heteroatoms. The van der Waals surface area contributed by atoms with Crippen LogP contribution < -0.4 is 11.1 Å². The van der Waals surface area contributed by atoms with E-state index in [2.05, 4.69) is 4.99 Å². The molecule has 0 radical (unpaired) electrons. The number of esters is 1. The Kier molecular flexibility index (Phi) is 6.52. The Morgan fingerprint density at radius 2 is 1.84 bits per heavy atom. The molecule has 0 atom stereocenters. The van der Waals surface area contributed by atoms with Crippen LogP contribution in [0.15, 0.2) is 70.1 Å². The Morgan fingerprint density at radius 1 is 1.00 bits per heavy atom. The second kappa shape index (κ2) is 9.66. The Bertz CT molecular complexity index is 1290. The van der Waals surface area contributed by atoms with Gasteiger partial charge in [0.25, 0.3) is 0 Å². The lowest BCUT2D eigenvalue weighted by atomic mass is 9.90. The second-order valence-corrected chi connectivity index (χ2v) is 7.27. The number of carbonyl (C=O) groups is 1. The topological polar surface area (TPSA) is 87.0 Å². The zero-order valence-electron chi connectivity index (χ0n) is 18.3. The first-order chi connectivity index (χ1) is 15.6. The van der Waals surface area contributed by atoms with Gasteiger partial charge in [0.05, 0.1) is 17.5 Å².